The second-order valence-corrected chi connectivity index (χ2v) is 4.90. The van der Waals surface area contributed by atoms with Gasteiger partial charge in [-0.3, -0.25) is 4.79 Å². The lowest BCUT2D eigenvalue weighted by Crippen LogP contribution is -2.12. The van der Waals surface area contributed by atoms with Gasteiger partial charge in [-0.05, 0) is 30.9 Å². The second kappa shape index (κ2) is 5.73. The molecule has 1 fully saturated rings. The van der Waals surface area contributed by atoms with Crippen molar-refractivity contribution in [2.75, 3.05) is 0 Å². The summed E-state index contributed by atoms with van der Waals surface area (Å²) < 4.78 is 1.87. The van der Waals surface area contributed by atoms with Gasteiger partial charge in [-0.25, -0.2) is 4.79 Å². The Morgan fingerprint density at radius 1 is 1.32 bits per heavy atom. The molecule has 0 amide bonds. The quantitative estimate of drug-likeness (QED) is 0.485. The van der Waals surface area contributed by atoms with E-state index >= 15 is 0 Å². The minimum absolute atomic E-state index is 0.296. The van der Waals surface area contributed by atoms with Gasteiger partial charge in [-0.15, -0.1) is 0 Å². The van der Waals surface area contributed by atoms with Crippen LogP contribution in [0.4, 0.5) is 0 Å². The van der Waals surface area contributed by atoms with Crippen LogP contribution in [0.5, 0.6) is 0 Å². The van der Waals surface area contributed by atoms with Crippen molar-refractivity contribution in [3.05, 3.63) is 30.1 Å². The fraction of sp³-hybridized carbons (Fsp3) is 0.429. The maximum atomic E-state index is 11.1. The number of hydrogen-bond donors (Lipinski definition) is 2. The van der Waals surface area contributed by atoms with Crippen LogP contribution in [0.2, 0.25) is 0 Å². The Morgan fingerprint density at radius 2 is 2.00 bits per heavy atom. The zero-order chi connectivity index (χ0) is 13.8. The number of aliphatic hydroxyl groups excluding tert-OH is 1. The van der Waals surface area contributed by atoms with Crippen molar-refractivity contribution in [2.24, 2.45) is 5.92 Å². The molecule has 1 aromatic heterocycles. The van der Waals surface area contributed by atoms with E-state index in [2.05, 4.69) is 0 Å². The number of aromatic nitrogens is 1. The van der Waals surface area contributed by atoms with Crippen LogP contribution in [0.15, 0.2) is 24.4 Å². The molecule has 1 aliphatic carbocycles. The smallest absolute Gasteiger partial charge is 0.376 e. The van der Waals surface area contributed by atoms with Crippen LogP contribution in [0.1, 0.15) is 31.4 Å². The van der Waals surface area contributed by atoms with Gasteiger partial charge in [0, 0.05) is 18.8 Å². The lowest BCUT2D eigenvalue weighted by atomic mass is 10.1. The van der Waals surface area contributed by atoms with Crippen molar-refractivity contribution >= 4 is 17.5 Å². The first-order valence-electron chi connectivity index (χ1n) is 6.41. The molecule has 2 N–H and O–H groups in total. The van der Waals surface area contributed by atoms with Crippen molar-refractivity contribution < 1.29 is 19.8 Å². The van der Waals surface area contributed by atoms with Crippen LogP contribution >= 0.6 is 0 Å². The van der Waals surface area contributed by atoms with Gasteiger partial charge in [0.05, 0.1) is 5.69 Å². The summed E-state index contributed by atoms with van der Waals surface area (Å²) in [6.07, 6.45) is 7.42. The van der Waals surface area contributed by atoms with Gasteiger partial charge in [0.15, 0.2) is 0 Å². The molecule has 1 heterocycles. The summed E-state index contributed by atoms with van der Waals surface area (Å²) in [6, 6.07) is 3.45. The Balaban J connectivity index is 2.14. The van der Waals surface area contributed by atoms with Crippen molar-refractivity contribution in [2.45, 2.75) is 32.2 Å². The topological polar surface area (TPSA) is 79.5 Å². The summed E-state index contributed by atoms with van der Waals surface area (Å²) in [6.45, 7) is 0.793. The minimum Gasteiger partial charge on any atom is -0.506 e. The van der Waals surface area contributed by atoms with Gasteiger partial charge in [0.2, 0.25) is 0 Å². The minimum atomic E-state index is -1.57. The van der Waals surface area contributed by atoms with Gasteiger partial charge in [-0.1, -0.05) is 12.8 Å². The van der Waals surface area contributed by atoms with E-state index in [-0.39, 0.29) is 5.76 Å². The number of carboxylic acids is 1. The van der Waals surface area contributed by atoms with E-state index in [1.807, 2.05) is 10.8 Å². The van der Waals surface area contributed by atoms with Gasteiger partial charge in [0.1, 0.15) is 5.76 Å². The molecular weight excluding hydrogens is 246 g/mol. The number of aliphatic carboxylic acids is 1. The maximum absolute atomic E-state index is 11.1. The Kier molecular flexibility index (Phi) is 4.04. The monoisotopic (exact) mass is 263 g/mol. The summed E-state index contributed by atoms with van der Waals surface area (Å²) >= 11 is 0. The molecule has 102 valence electrons. The standard InChI is InChI=1S/C14H17NO4/c16-12(8-13(17)14(18)19)11-6-3-7-15(11)9-10-4-1-2-5-10/h3,6-8,10,16H,1-2,4-5,9H2,(H,18,19). The first-order chi connectivity index (χ1) is 9.08. The number of carboxylic acid groups (broad SMARTS) is 1. The zero-order valence-corrected chi connectivity index (χ0v) is 10.6. The number of rotatable bonds is 5. The summed E-state index contributed by atoms with van der Waals surface area (Å²) in [7, 11) is 0. The van der Waals surface area contributed by atoms with Gasteiger partial charge in [-0.2, -0.15) is 0 Å². The molecule has 0 unspecified atom stereocenters. The highest BCUT2D eigenvalue weighted by atomic mass is 16.4. The van der Waals surface area contributed by atoms with Crippen LogP contribution < -0.4 is 0 Å². The summed E-state index contributed by atoms with van der Waals surface area (Å²) in [4.78, 5) is 21.5. The Hall–Kier alpha value is -2.04. The normalized spacial score (nSPS) is 16.7. The summed E-state index contributed by atoms with van der Waals surface area (Å²) in [5, 5.41) is 18.4. The highest BCUT2D eigenvalue weighted by Gasteiger charge is 2.18. The lowest BCUT2D eigenvalue weighted by Gasteiger charge is -2.13. The van der Waals surface area contributed by atoms with Crippen LogP contribution in [0, 0.1) is 5.92 Å². The maximum Gasteiger partial charge on any atom is 0.376 e. The fourth-order valence-electron chi connectivity index (χ4n) is 2.54. The molecule has 1 aliphatic rings. The molecule has 1 aromatic rings. The van der Waals surface area contributed by atoms with E-state index in [0.717, 1.165) is 12.6 Å². The number of ketones is 1. The number of aliphatic hydroxyl groups is 1. The Labute approximate surface area is 111 Å². The lowest BCUT2D eigenvalue weighted by molar-refractivity contribution is -0.146. The van der Waals surface area contributed by atoms with Crippen LogP contribution in [0.25, 0.3) is 5.76 Å². The largest absolute Gasteiger partial charge is 0.506 e. The third-order valence-electron chi connectivity index (χ3n) is 3.50. The fourth-order valence-corrected chi connectivity index (χ4v) is 2.54. The molecule has 1 saturated carbocycles. The first kappa shape index (κ1) is 13.4. The average Bonchev–Trinajstić information content (AvgIpc) is 3.00. The van der Waals surface area contributed by atoms with Crippen LogP contribution in [-0.4, -0.2) is 26.5 Å². The van der Waals surface area contributed by atoms with E-state index < -0.39 is 11.8 Å². The SMILES string of the molecule is O=C(O)C(=O)C=C(O)c1cccn1CC1CCCC1. The van der Waals surface area contributed by atoms with Crippen LogP contribution in [0.3, 0.4) is 0 Å². The number of hydrogen-bond acceptors (Lipinski definition) is 3. The van der Waals surface area contributed by atoms with E-state index in [9.17, 15) is 14.7 Å². The average molecular weight is 263 g/mol. The van der Waals surface area contributed by atoms with Gasteiger partial charge >= 0.3 is 5.97 Å². The molecule has 0 radical (unpaired) electrons. The predicted octanol–water partition coefficient (Wildman–Crippen LogP) is 2.23. The molecule has 5 nitrogen and oxygen atoms in total. The molecule has 0 bridgehead atoms. The highest BCUT2D eigenvalue weighted by molar-refractivity contribution is 6.38. The molecule has 0 atom stereocenters. The second-order valence-electron chi connectivity index (χ2n) is 4.90. The van der Waals surface area contributed by atoms with Crippen molar-refractivity contribution in [3.63, 3.8) is 0 Å². The number of nitrogens with zero attached hydrogens (tertiary/aromatic N) is 1. The van der Waals surface area contributed by atoms with Crippen molar-refractivity contribution in [1.82, 2.24) is 4.57 Å². The highest BCUT2D eigenvalue weighted by Crippen LogP contribution is 2.27. The Morgan fingerprint density at radius 3 is 2.63 bits per heavy atom. The summed E-state index contributed by atoms with van der Waals surface area (Å²) in [5.41, 5.74) is 0.488. The molecule has 19 heavy (non-hydrogen) atoms. The first-order valence-corrected chi connectivity index (χ1v) is 6.41. The number of carbonyl (C=O) groups excluding carboxylic acids is 1. The predicted molar refractivity (Wildman–Crippen MR) is 69.6 cm³/mol. The third kappa shape index (κ3) is 3.24. The zero-order valence-electron chi connectivity index (χ0n) is 10.6. The van der Waals surface area contributed by atoms with E-state index in [1.54, 1.807) is 12.1 Å². The van der Waals surface area contributed by atoms with Crippen molar-refractivity contribution in [3.8, 4) is 0 Å². The third-order valence-corrected chi connectivity index (χ3v) is 3.50. The number of carbonyl (C=O) groups is 2. The molecule has 5 heteroatoms. The molecule has 0 saturated heterocycles. The van der Waals surface area contributed by atoms with Gasteiger partial charge in [0.25, 0.3) is 5.78 Å². The van der Waals surface area contributed by atoms with Gasteiger partial charge < -0.3 is 14.8 Å². The van der Waals surface area contributed by atoms with E-state index in [0.29, 0.717) is 11.6 Å². The van der Waals surface area contributed by atoms with E-state index in [4.69, 9.17) is 5.11 Å². The molecule has 0 aromatic carbocycles. The molecule has 2 rings (SSSR count). The van der Waals surface area contributed by atoms with Crippen LogP contribution in [-0.2, 0) is 16.1 Å². The van der Waals surface area contributed by atoms with E-state index in [1.165, 1.54) is 25.7 Å². The molecular formula is C14H17NO4. The summed E-state index contributed by atoms with van der Waals surface area (Å²) in [5.74, 6) is -2.39. The molecule has 0 spiro atoms. The molecule has 0 aliphatic heterocycles. The Bertz CT molecular complexity index is 509. The van der Waals surface area contributed by atoms with Crippen molar-refractivity contribution in [1.29, 1.82) is 0 Å².